The number of imidazole rings is 1. The fourth-order valence-electron chi connectivity index (χ4n) is 1.92. The van der Waals surface area contributed by atoms with Gasteiger partial charge in [0.15, 0.2) is 0 Å². The maximum absolute atomic E-state index is 11.8. The van der Waals surface area contributed by atoms with E-state index in [2.05, 4.69) is 25.6 Å². The number of urea groups is 1. The van der Waals surface area contributed by atoms with Crippen LogP contribution >= 0.6 is 11.3 Å². The average Bonchev–Trinajstić information content (AvgIpc) is 3.24. The number of carbonyl (C=O) groups excluding carboxylic acids is 1. The molecule has 2 N–H and O–H groups in total. The number of amides is 2. The molecule has 0 aliphatic carbocycles. The maximum atomic E-state index is 11.8. The predicted octanol–water partition coefficient (Wildman–Crippen LogP) is 1.72. The van der Waals surface area contributed by atoms with Crippen molar-refractivity contribution >= 4 is 17.4 Å². The standard InChI is InChI=1S/C14H14N6OS/c21-14(18-7-12-8-22-10-19-12)17-6-11-2-1-3-16-13(11)20-5-4-15-9-20/h1-5,8-10H,6-7H2,(H2,17,18,21). The zero-order valence-electron chi connectivity index (χ0n) is 11.6. The Labute approximate surface area is 131 Å². The number of pyridine rings is 1. The predicted molar refractivity (Wildman–Crippen MR) is 82.5 cm³/mol. The average molecular weight is 314 g/mol. The Bertz CT molecular complexity index is 726. The highest BCUT2D eigenvalue weighted by molar-refractivity contribution is 7.07. The van der Waals surface area contributed by atoms with E-state index in [-0.39, 0.29) is 6.03 Å². The molecule has 3 heterocycles. The number of nitrogens with one attached hydrogen (secondary N) is 2. The van der Waals surface area contributed by atoms with Crippen LogP contribution < -0.4 is 10.6 Å². The van der Waals surface area contributed by atoms with Crippen LogP contribution in [0.25, 0.3) is 5.82 Å². The van der Waals surface area contributed by atoms with Crippen LogP contribution in [-0.2, 0) is 13.1 Å². The fraction of sp³-hybridized carbons (Fsp3) is 0.143. The van der Waals surface area contributed by atoms with Gasteiger partial charge in [-0.15, -0.1) is 11.3 Å². The number of hydrogen-bond acceptors (Lipinski definition) is 5. The van der Waals surface area contributed by atoms with E-state index in [9.17, 15) is 4.79 Å². The van der Waals surface area contributed by atoms with Crippen LogP contribution in [0.1, 0.15) is 11.3 Å². The van der Waals surface area contributed by atoms with E-state index in [1.54, 1.807) is 24.2 Å². The molecule has 0 saturated heterocycles. The number of rotatable bonds is 5. The minimum Gasteiger partial charge on any atom is -0.334 e. The maximum Gasteiger partial charge on any atom is 0.315 e. The largest absolute Gasteiger partial charge is 0.334 e. The van der Waals surface area contributed by atoms with Crippen LogP contribution in [0.2, 0.25) is 0 Å². The SMILES string of the molecule is O=C(NCc1cscn1)NCc1cccnc1-n1ccnc1. The van der Waals surface area contributed by atoms with Crippen molar-refractivity contribution in [2.75, 3.05) is 0 Å². The number of nitrogens with zero attached hydrogens (tertiary/aromatic N) is 4. The molecule has 0 aromatic carbocycles. The van der Waals surface area contributed by atoms with Gasteiger partial charge >= 0.3 is 6.03 Å². The van der Waals surface area contributed by atoms with Crippen LogP contribution in [0.15, 0.2) is 47.9 Å². The van der Waals surface area contributed by atoms with Crippen molar-refractivity contribution in [1.29, 1.82) is 0 Å². The number of hydrogen-bond donors (Lipinski definition) is 2. The summed E-state index contributed by atoms with van der Waals surface area (Å²) in [6.07, 6.45) is 6.88. The summed E-state index contributed by atoms with van der Waals surface area (Å²) in [5, 5.41) is 7.48. The minimum absolute atomic E-state index is 0.242. The molecule has 0 unspecified atom stereocenters. The van der Waals surface area contributed by atoms with Crippen LogP contribution in [0.4, 0.5) is 4.79 Å². The molecule has 0 bridgehead atoms. The van der Waals surface area contributed by atoms with Crippen LogP contribution in [-0.4, -0.2) is 25.6 Å². The van der Waals surface area contributed by atoms with Gasteiger partial charge in [-0.25, -0.2) is 19.7 Å². The molecule has 2 amide bonds. The molecule has 8 heteroatoms. The van der Waals surface area contributed by atoms with E-state index in [4.69, 9.17) is 0 Å². The molecular formula is C14H14N6OS. The highest BCUT2D eigenvalue weighted by Crippen LogP contribution is 2.10. The summed E-state index contributed by atoms with van der Waals surface area (Å²) >= 11 is 1.50. The van der Waals surface area contributed by atoms with Gasteiger partial charge < -0.3 is 10.6 Å². The molecule has 112 valence electrons. The third-order valence-corrected chi connectivity index (χ3v) is 3.60. The topological polar surface area (TPSA) is 84.7 Å². The Morgan fingerprint density at radius 2 is 2.14 bits per heavy atom. The van der Waals surface area contributed by atoms with E-state index < -0.39 is 0 Å². The Morgan fingerprint density at radius 1 is 1.23 bits per heavy atom. The fourth-order valence-corrected chi connectivity index (χ4v) is 2.48. The molecule has 0 atom stereocenters. The Morgan fingerprint density at radius 3 is 2.91 bits per heavy atom. The molecule has 0 aliphatic heterocycles. The first-order chi connectivity index (χ1) is 10.8. The normalized spacial score (nSPS) is 10.4. The molecular weight excluding hydrogens is 300 g/mol. The van der Waals surface area contributed by atoms with Crippen molar-refractivity contribution < 1.29 is 4.79 Å². The van der Waals surface area contributed by atoms with E-state index >= 15 is 0 Å². The summed E-state index contributed by atoms with van der Waals surface area (Å²) < 4.78 is 1.81. The Balaban J connectivity index is 1.58. The molecule has 0 aliphatic rings. The zero-order chi connectivity index (χ0) is 15.2. The zero-order valence-corrected chi connectivity index (χ0v) is 12.5. The molecule has 0 fully saturated rings. The third kappa shape index (κ3) is 3.47. The second-order valence-corrected chi connectivity index (χ2v) is 5.19. The van der Waals surface area contributed by atoms with E-state index in [0.29, 0.717) is 13.1 Å². The quantitative estimate of drug-likeness (QED) is 0.751. The first-order valence-electron chi connectivity index (χ1n) is 6.64. The lowest BCUT2D eigenvalue weighted by atomic mass is 10.2. The van der Waals surface area contributed by atoms with E-state index in [0.717, 1.165) is 17.1 Å². The number of aromatic nitrogens is 4. The summed E-state index contributed by atoms with van der Waals surface area (Å²) in [6.45, 7) is 0.793. The third-order valence-electron chi connectivity index (χ3n) is 2.97. The van der Waals surface area contributed by atoms with Crippen molar-refractivity contribution in [3.63, 3.8) is 0 Å². The molecule has 0 spiro atoms. The highest BCUT2D eigenvalue weighted by Gasteiger charge is 2.07. The van der Waals surface area contributed by atoms with Crippen molar-refractivity contribution in [3.05, 3.63) is 59.2 Å². The molecule has 0 radical (unpaired) electrons. The summed E-state index contributed by atoms with van der Waals surface area (Å²) in [4.78, 5) is 24.3. The van der Waals surface area contributed by atoms with Gasteiger partial charge in [-0.05, 0) is 6.07 Å². The Hall–Kier alpha value is -2.74. The van der Waals surface area contributed by atoms with Gasteiger partial charge in [-0.1, -0.05) is 6.07 Å². The lowest BCUT2D eigenvalue weighted by molar-refractivity contribution is 0.240. The van der Waals surface area contributed by atoms with Gasteiger partial charge in [0.05, 0.1) is 17.7 Å². The van der Waals surface area contributed by atoms with Gasteiger partial charge in [-0.3, -0.25) is 4.57 Å². The summed E-state index contributed by atoms with van der Waals surface area (Å²) in [5.74, 6) is 0.750. The Kier molecular flexibility index (Phi) is 4.40. The van der Waals surface area contributed by atoms with Crippen molar-refractivity contribution in [3.8, 4) is 5.82 Å². The molecule has 7 nitrogen and oxygen atoms in total. The lowest BCUT2D eigenvalue weighted by Crippen LogP contribution is -2.34. The highest BCUT2D eigenvalue weighted by atomic mass is 32.1. The summed E-state index contributed by atoms with van der Waals surface area (Å²) in [5.41, 5.74) is 3.49. The van der Waals surface area contributed by atoms with Crippen LogP contribution in [0.5, 0.6) is 0 Å². The van der Waals surface area contributed by atoms with E-state index in [1.165, 1.54) is 11.3 Å². The van der Waals surface area contributed by atoms with Crippen LogP contribution in [0.3, 0.4) is 0 Å². The first-order valence-corrected chi connectivity index (χ1v) is 7.58. The molecule has 3 aromatic heterocycles. The number of carbonyl (C=O) groups is 1. The van der Waals surface area contributed by atoms with Gasteiger partial charge in [-0.2, -0.15) is 0 Å². The monoisotopic (exact) mass is 314 g/mol. The summed E-state index contributed by atoms with van der Waals surface area (Å²) in [6, 6.07) is 3.52. The van der Waals surface area contributed by atoms with Crippen molar-refractivity contribution in [1.82, 2.24) is 30.2 Å². The van der Waals surface area contributed by atoms with Gasteiger partial charge in [0.25, 0.3) is 0 Å². The van der Waals surface area contributed by atoms with Gasteiger partial charge in [0, 0.05) is 36.1 Å². The van der Waals surface area contributed by atoms with E-state index in [1.807, 2.05) is 28.3 Å². The molecule has 22 heavy (non-hydrogen) atoms. The molecule has 0 saturated carbocycles. The van der Waals surface area contributed by atoms with Gasteiger partial charge in [0.1, 0.15) is 12.1 Å². The smallest absolute Gasteiger partial charge is 0.315 e. The van der Waals surface area contributed by atoms with Crippen LogP contribution in [0, 0.1) is 0 Å². The van der Waals surface area contributed by atoms with Crippen molar-refractivity contribution in [2.24, 2.45) is 0 Å². The second-order valence-electron chi connectivity index (χ2n) is 4.47. The first kappa shape index (κ1) is 14.2. The molecule has 3 rings (SSSR count). The molecule has 3 aromatic rings. The van der Waals surface area contributed by atoms with Crippen molar-refractivity contribution in [2.45, 2.75) is 13.1 Å². The summed E-state index contributed by atoms with van der Waals surface area (Å²) in [7, 11) is 0. The minimum atomic E-state index is -0.242. The van der Waals surface area contributed by atoms with Gasteiger partial charge in [0.2, 0.25) is 0 Å². The lowest BCUT2D eigenvalue weighted by Gasteiger charge is -2.10. The second kappa shape index (κ2) is 6.81. The number of thiazole rings is 1.